The molecule has 5 rings (SSSR count). The summed E-state index contributed by atoms with van der Waals surface area (Å²) in [5.41, 5.74) is 1.79. The highest BCUT2D eigenvalue weighted by molar-refractivity contribution is 7.92. The summed E-state index contributed by atoms with van der Waals surface area (Å²) < 4.78 is 28.1. The lowest BCUT2D eigenvalue weighted by molar-refractivity contribution is 0.0607. The SMILES string of the molecule is CS(=O)(=O)Nc1ccc(Cl)cc1C(=O)N1CCCC[C@H]1c1cc2nc(Cl)cc(N3CCCCCC3)n2n1. The lowest BCUT2D eigenvalue weighted by Gasteiger charge is -2.35. The fourth-order valence-electron chi connectivity index (χ4n) is 5.25. The van der Waals surface area contributed by atoms with Crippen molar-refractivity contribution in [1.29, 1.82) is 0 Å². The van der Waals surface area contributed by atoms with Crippen molar-refractivity contribution < 1.29 is 13.2 Å². The summed E-state index contributed by atoms with van der Waals surface area (Å²) in [5.74, 6) is 0.612. The van der Waals surface area contributed by atoms with Gasteiger partial charge in [0.1, 0.15) is 11.0 Å². The summed E-state index contributed by atoms with van der Waals surface area (Å²) in [6.07, 6.45) is 8.22. The molecule has 12 heteroatoms. The molecule has 2 saturated heterocycles. The van der Waals surface area contributed by atoms with Crippen molar-refractivity contribution in [2.24, 2.45) is 0 Å². The Kier molecular flexibility index (Phi) is 7.51. The standard InChI is InChI=1S/C25H30Cl2N6O3S/c1-37(35,36)30-19-10-9-17(26)14-18(19)25(34)32-13-7-4-8-21(32)20-15-23-28-22(27)16-24(33(23)29-20)31-11-5-2-3-6-12-31/h9-10,14-16,21,30H,2-8,11-13H2,1H3/t21-/m0/s1. The molecular weight excluding hydrogens is 535 g/mol. The number of likely N-dealkylation sites (tertiary alicyclic amines) is 1. The number of benzene rings is 1. The second-order valence-electron chi connectivity index (χ2n) is 9.75. The molecule has 0 spiro atoms. The Morgan fingerprint density at radius 3 is 2.46 bits per heavy atom. The lowest BCUT2D eigenvalue weighted by atomic mass is 9.98. The predicted molar refractivity (Wildman–Crippen MR) is 146 cm³/mol. The number of amides is 1. The van der Waals surface area contributed by atoms with Gasteiger partial charge in [-0.3, -0.25) is 9.52 Å². The van der Waals surface area contributed by atoms with E-state index in [9.17, 15) is 13.2 Å². The fraction of sp³-hybridized carbons (Fsp3) is 0.480. The van der Waals surface area contributed by atoms with Gasteiger partial charge in [0.05, 0.1) is 29.2 Å². The molecule has 0 saturated carbocycles. The number of halogens is 2. The summed E-state index contributed by atoms with van der Waals surface area (Å²) in [5, 5.41) is 5.69. The van der Waals surface area contributed by atoms with Crippen molar-refractivity contribution in [2.75, 3.05) is 35.5 Å². The summed E-state index contributed by atoms with van der Waals surface area (Å²) in [6.45, 7) is 2.39. The lowest BCUT2D eigenvalue weighted by Crippen LogP contribution is -2.39. The van der Waals surface area contributed by atoms with Crippen molar-refractivity contribution in [1.82, 2.24) is 19.5 Å². The minimum Gasteiger partial charge on any atom is -0.356 e. The van der Waals surface area contributed by atoms with E-state index in [1.54, 1.807) is 11.0 Å². The Labute approximate surface area is 226 Å². The highest BCUT2D eigenvalue weighted by Gasteiger charge is 2.32. The first kappa shape index (κ1) is 26.1. The van der Waals surface area contributed by atoms with Crippen molar-refractivity contribution in [3.63, 3.8) is 0 Å². The van der Waals surface area contributed by atoms with Crippen LogP contribution < -0.4 is 9.62 Å². The van der Waals surface area contributed by atoms with Gasteiger partial charge < -0.3 is 9.80 Å². The van der Waals surface area contributed by atoms with E-state index in [0.717, 1.165) is 63.0 Å². The Morgan fingerprint density at radius 2 is 1.73 bits per heavy atom. The molecule has 198 valence electrons. The van der Waals surface area contributed by atoms with E-state index in [-0.39, 0.29) is 23.2 Å². The number of nitrogens with zero attached hydrogens (tertiary/aromatic N) is 5. The molecule has 1 atom stereocenters. The molecule has 0 unspecified atom stereocenters. The summed E-state index contributed by atoms with van der Waals surface area (Å²) in [4.78, 5) is 22.4. The molecule has 3 aromatic rings. The molecule has 37 heavy (non-hydrogen) atoms. The fourth-order valence-corrected chi connectivity index (χ4v) is 6.19. The molecule has 1 aromatic carbocycles. The largest absolute Gasteiger partial charge is 0.356 e. The molecule has 1 N–H and O–H groups in total. The highest BCUT2D eigenvalue weighted by Crippen LogP contribution is 2.35. The number of nitrogens with one attached hydrogen (secondary N) is 1. The molecule has 0 bridgehead atoms. The van der Waals surface area contributed by atoms with E-state index in [1.807, 2.05) is 16.6 Å². The molecule has 4 heterocycles. The zero-order valence-electron chi connectivity index (χ0n) is 20.7. The maximum absolute atomic E-state index is 13.8. The van der Waals surface area contributed by atoms with E-state index < -0.39 is 10.0 Å². The van der Waals surface area contributed by atoms with Gasteiger partial charge in [0.2, 0.25) is 10.0 Å². The predicted octanol–water partition coefficient (Wildman–Crippen LogP) is 5.16. The van der Waals surface area contributed by atoms with Crippen LogP contribution in [0.15, 0.2) is 30.3 Å². The topological polar surface area (TPSA) is 99.9 Å². The van der Waals surface area contributed by atoms with Gasteiger partial charge in [-0.15, -0.1) is 0 Å². The van der Waals surface area contributed by atoms with Crippen molar-refractivity contribution in [2.45, 2.75) is 51.0 Å². The maximum atomic E-state index is 13.8. The van der Waals surface area contributed by atoms with Crippen LogP contribution in [-0.2, 0) is 10.0 Å². The van der Waals surface area contributed by atoms with Crippen molar-refractivity contribution >= 4 is 56.3 Å². The van der Waals surface area contributed by atoms with E-state index in [2.05, 4.69) is 14.6 Å². The van der Waals surface area contributed by atoms with Crippen LogP contribution >= 0.6 is 23.2 Å². The third kappa shape index (κ3) is 5.81. The van der Waals surface area contributed by atoms with Gasteiger partial charge in [0, 0.05) is 36.8 Å². The van der Waals surface area contributed by atoms with Crippen LogP contribution in [0.3, 0.4) is 0 Å². The Bertz CT molecular complexity index is 1420. The molecule has 9 nitrogen and oxygen atoms in total. The second-order valence-corrected chi connectivity index (χ2v) is 12.3. The first-order valence-corrected chi connectivity index (χ1v) is 15.2. The zero-order chi connectivity index (χ0) is 26.2. The third-order valence-electron chi connectivity index (χ3n) is 6.94. The van der Waals surface area contributed by atoms with Crippen molar-refractivity contribution in [3.8, 4) is 0 Å². The number of anilines is 2. The molecule has 1 amide bonds. The van der Waals surface area contributed by atoms with Gasteiger partial charge in [-0.25, -0.2) is 13.4 Å². The second kappa shape index (κ2) is 10.7. The number of fused-ring (bicyclic) bond motifs is 1. The molecule has 0 radical (unpaired) electrons. The van der Waals surface area contributed by atoms with Crippen LogP contribution in [0.2, 0.25) is 10.2 Å². The van der Waals surface area contributed by atoms with E-state index in [1.165, 1.54) is 25.0 Å². The van der Waals surface area contributed by atoms with E-state index in [4.69, 9.17) is 28.3 Å². The van der Waals surface area contributed by atoms with Crippen LogP contribution in [0.5, 0.6) is 0 Å². The van der Waals surface area contributed by atoms with Crippen LogP contribution in [0.1, 0.15) is 67.0 Å². The molecule has 0 aliphatic carbocycles. The number of hydrogen-bond acceptors (Lipinski definition) is 6. The first-order chi connectivity index (χ1) is 17.7. The zero-order valence-corrected chi connectivity index (χ0v) is 23.0. The quantitative estimate of drug-likeness (QED) is 0.430. The number of hydrogen-bond donors (Lipinski definition) is 1. The van der Waals surface area contributed by atoms with Crippen LogP contribution in [-0.4, -0.2) is 59.7 Å². The van der Waals surface area contributed by atoms with Gasteiger partial charge in [-0.2, -0.15) is 9.61 Å². The number of carbonyl (C=O) groups excluding carboxylic acids is 1. The van der Waals surface area contributed by atoms with Crippen LogP contribution in [0.25, 0.3) is 5.65 Å². The van der Waals surface area contributed by atoms with E-state index in [0.29, 0.717) is 22.4 Å². The number of carbonyl (C=O) groups is 1. The van der Waals surface area contributed by atoms with Gasteiger partial charge in [-0.05, 0) is 50.3 Å². The number of piperidine rings is 1. The minimum atomic E-state index is -3.59. The Hall–Kier alpha value is -2.56. The number of sulfonamides is 1. The van der Waals surface area contributed by atoms with Gasteiger partial charge >= 0.3 is 0 Å². The van der Waals surface area contributed by atoms with Crippen LogP contribution in [0, 0.1) is 0 Å². The van der Waals surface area contributed by atoms with Gasteiger partial charge in [0.25, 0.3) is 5.91 Å². The van der Waals surface area contributed by atoms with E-state index >= 15 is 0 Å². The monoisotopic (exact) mass is 564 g/mol. The average molecular weight is 566 g/mol. The molecule has 2 aliphatic heterocycles. The van der Waals surface area contributed by atoms with Gasteiger partial charge in [0.15, 0.2) is 5.65 Å². The number of aromatic nitrogens is 3. The highest BCUT2D eigenvalue weighted by atomic mass is 35.5. The summed E-state index contributed by atoms with van der Waals surface area (Å²) >= 11 is 12.6. The summed E-state index contributed by atoms with van der Waals surface area (Å²) in [6, 6.07) is 8.04. The first-order valence-electron chi connectivity index (χ1n) is 12.6. The molecule has 2 aromatic heterocycles. The third-order valence-corrected chi connectivity index (χ3v) is 7.96. The normalized spacial score (nSPS) is 19.2. The van der Waals surface area contributed by atoms with Crippen molar-refractivity contribution in [3.05, 3.63) is 51.8 Å². The smallest absolute Gasteiger partial charge is 0.256 e. The molecular formula is C25H30Cl2N6O3S. The molecule has 2 aliphatic rings. The van der Waals surface area contributed by atoms with Gasteiger partial charge in [-0.1, -0.05) is 36.0 Å². The Balaban J connectivity index is 1.52. The average Bonchev–Trinajstić information content (AvgIpc) is 3.09. The minimum absolute atomic E-state index is 0.202. The Morgan fingerprint density at radius 1 is 1.00 bits per heavy atom. The molecule has 2 fully saturated rings. The maximum Gasteiger partial charge on any atom is 0.256 e. The van der Waals surface area contributed by atoms with Crippen LogP contribution in [0.4, 0.5) is 11.5 Å². The summed E-state index contributed by atoms with van der Waals surface area (Å²) in [7, 11) is -3.59. The number of rotatable bonds is 5.